The molecule has 0 amide bonds. The van der Waals surface area contributed by atoms with Crippen molar-refractivity contribution >= 4 is 6.29 Å². The molecule has 2 aliphatic rings. The van der Waals surface area contributed by atoms with Gasteiger partial charge in [-0.1, -0.05) is 27.7 Å². The van der Waals surface area contributed by atoms with Gasteiger partial charge in [-0.3, -0.25) is 0 Å². The Labute approximate surface area is 94.6 Å². The van der Waals surface area contributed by atoms with E-state index >= 15 is 0 Å². The van der Waals surface area contributed by atoms with Crippen LogP contribution >= 0.6 is 0 Å². The first-order valence-electron chi connectivity index (χ1n) is 6.67. The smallest absolute Gasteiger partial charge is 0.120 e. The molecule has 0 radical (unpaired) electrons. The maximum absolute atomic E-state index is 10.3. The molecular formula is C14H26O. The molecule has 2 fully saturated rings. The molecule has 5 unspecified atom stereocenters. The van der Waals surface area contributed by atoms with Gasteiger partial charge in [0.2, 0.25) is 0 Å². The molecule has 0 aromatic carbocycles. The first-order valence-corrected chi connectivity index (χ1v) is 6.67. The normalized spacial score (nSPS) is 42.3. The van der Waals surface area contributed by atoms with Crippen LogP contribution in [0.15, 0.2) is 0 Å². The second kappa shape index (κ2) is 5.67. The molecule has 0 spiro atoms. The summed E-state index contributed by atoms with van der Waals surface area (Å²) in [5.74, 6) is 4.63. The fraction of sp³-hybridized carbons (Fsp3) is 0.929. The molecule has 0 aromatic rings. The van der Waals surface area contributed by atoms with E-state index in [4.69, 9.17) is 0 Å². The van der Waals surface area contributed by atoms with Gasteiger partial charge in [-0.2, -0.15) is 0 Å². The molecule has 0 saturated heterocycles. The van der Waals surface area contributed by atoms with Crippen LogP contribution in [0.25, 0.3) is 0 Å². The minimum atomic E-state index is 0.784. The number of carbonyl (C=O) groups is 1. The molecule has 88 valence electrons. The Hall–Kier alpha value is -0.330. The SMILES string of the molecule is CC.CC1CC2CC1C(C)C2CCC=O. The average Bonchev–Trinajstić information content (AvgIpc) is 2.76. The number of fused-ring (bicyclic) bond motifs is 2. The summed E-state index contributed by atoms with van der Waals surface area (Å²) in [5.41, 5.74) is 0. The Morgan fingerprint density at radius 3 is 2.33 bits per heavy atom. The lowest BCUT2D eigenvalue weighted by atomic mass is 9.74. The summed E-state index contributed by atoms with van der Waals surface area (Å²) in [4.78, 5) is 10.3. The van der Waals surface area contributed by atoms with Gasteiger partial charge in [-0.05, 0) is 48.9 Å². The van der Waals surface area contributed by atoms with Crippen LogP contribution in [0.2, 0.25) is 0 Å². The van der Waals surface area contributed by atoms with Crippen LogP contribution in [0.4, 0.5) is 0 Å². The fourth-order valence-corrected chi connectivity index (χ4v) is 3.92. The Morgan fingerprint density at radius 1 is 1.20 bits per heavy atom. The summed E-state index contributed by atoms with van der Waals surface area (Å²) in [6, 6.07) is 0. The van der Waals surface area contributed by atoms with Crippen LogP contribution in [0, 0.1) is 29.6 Å². The lowest BCUT2D eigenvalue weighted by Gasteiger charge is -2.31. The van der Waals surface area contributed by atoms with Gasteiger partial charge in [0, 0.05) is 6.42 Å². The van der Waals surface area contributed by atoms with Crippen molar-refractivity contribution in [1.29, 1.82) is 0 Å². The van der Waals surface area contributed by atoms with E-state index in [1.54, 1.807) is 0 Å². The molecule has 2 saturated carbocycles. The van der Waals surface area contributed by atoms with Crippen molar-refractivity contribution in [3.05, 3.63) is 0 Å². The van der Waals surface area contributed by atoms with Crippen LogP contribution < -0.4 is 0 Å². The molecule has 5 atom stereocenters. The van der Waals surface area contributed by atoms with Crippen LogP contribution in [0.1, 0.15) is 53.4 Å². The van der Waals surface area contributed by atoms with E-state index in [-0.39, 0.29) is 0 Å². The van der Waals surface area contributed by atoms with E-state index in [1.807, 2.05) is 13.8 Å². The lowest BCUT2D eigenvalue weighted by Crippen LogP contribution is -2.24. The maximum Gasteiger partial charge on any atom is 0.120 e. The minimum absolute atomic E-state index is 0.784. The summed E-state index contributed by atoms with van der Waals surface area (Å²) < 4.78 is 0. The minimum Gasteiger partial charge on any atom is -0.303 e. The fourth-order valence-electron chi connectivity index (χ4n) is 3.92. The van der Waals surface area contributed by atoms with E-state index in [0.717, 1.165) is 48.7 Å². The molecule has 2 bridgehead atoms. The Kier molecular flexibility index (Phi) is 4.82. The molecule has 0 N–H and O–H groups in total. The van der Waals surface area contributed by atoms with Gasteiger partial charge in [0.05, 0.1) is 0 Å². The zero-order valence-electron chi connectivity index (χ0n) is 10.7. The first-order chi connectivity index (χ1) is 7.24. The molecule has 2 aliphatic carbocycles. The summed E-state index contributed by atoms with van der Waals surface area (Å²) in [5, 5.41) is 0. The summed E-state index contributed by atoms with van der Waals surface area (Å²) in [7, 11) is 0. The first kappa shape index (κ1) is 12.7. The van der Waals surface area contributed by atoms with Crippen molar-refractivity contribution < 1.29 is 4.79 Å². The van der Waals surface area contributed by atoms with Crippen LogP contribution in [0.3, 0.4) is 0 Å². The van der Waals surface area contributed by atoms with Crippen molar-refractivity contribution in [2.24, 2.45) is 29.6 Å². The summed E-state index contributed by atoms with van der Waals surface area (Å²) >= 11 is 0. The van der Waals surface area contributed by atoms with Crippen molar-refractivity contribution in [3.63, 3.8) is 0 Å². The van der Waals surface area contributed by atoms with Crippen molar-refractivity contribution in [3.8, 4) is 0 Å². The lowest BCUT2D eigenvalue weighted by molar-refractivity contribution is -0.108. The second-order valence-corrected chi connectivity index (χ2v) is 5.14. The summed E-state index contributed by atoms with van der Waals surface area (Å²) in [6.45, 7) is 8.80. The number of rotatable bonds is 3. The number of aldehydes is 1. The second-order valence-electron chi connectivity index (χ2n) is 5.14. The largest absolute Gasteiger partial charge is 0.303 e. The van der Waals surface area contributed by atoms with Crippen molar-refractivity contribution in [1.82, 2.24) is 0 Å². The highest BCUT2D eigenvalue weighted by Crippen LogP contribution is 2.56. The molecule has 15 heavy (non-hydrogen) atoms. The molecular weight excluding hydrogens is 184 g/mol. The van der Waals surface area contributed by atoms with E-state index < -0.39 is 0 Å². The Bertz CT molecular complexity index is 198. The third kappa shape index (κ3) is 2.43. The van der Waals surface area contributed by atoms with Crippen molar-refractivity contribution in [2.45, 2.75) is 53.4 Å². The average molecular weight is 210 g/mol. The molecule has 0 aromatic heterocycles. The highest BCUT2D eigenvalue weighted by Gasteiger charge is 2.48. The number of carbonyl (C=O) groups excluding carboxylic acids is 1. The van der Waals surface area contributed by atoms with Gasteiger partial charge < -0.3 is 4.79 Å². The van der Waals surface area contributed by atoms with E-state index in [2.05, 4.69) is 13.8 Å². The molecule has 2 rings (SSSR count). The van der Waals surface area contributed by atoms with Gasteiger partial charge >= 0.3 is 0 Å². The molecule has 0 heterocycles. The predicted octanol–water partition coefficient (Wildman–Crippen LogP) is 3.92. The van der Waals surface area contributed by atoms with E-state index in [0.29, 0.717) is 0 Å². The zero-order valence-corrected chi connectivity index (χ0v) is 10.7. The monoisotopic (exact) mass is 210 g/mol. The molecule has 1 heteroatoms. The van der Waals surface area contributed by atoms with Crippen LogP contribution in [0.5, 0.6) is 0 Å². The summed E-state index contributed by atoms with van der Waals surface area (Å²) in [6.07, 6.45) is 5.90. The zero-order chi connectivity index (χ0) is 11.4. The van der Waals surface area contributed by atoms with Gasteiger partial charge in [-0.15, -0.1) is 0 Å². The Morgan fingerprint density at radius 2 is 1.87 bits per heavy atom. The highest BCUT2D eigenvalue weighted by atomic mass is 16.1. The van der Waals surface area contributed by atoms with Gasteiger partial charge in [0.15, 0.2) is 0 Å². The van der Waals surface area contributed by atoms with Gasteiger partial charge in [0.25, 0.3) is 0 Å². The number of hydrogen-bond acceptors (Lipinski definition) is 1. The highest BCUT2D eigenvalue weighted by molar-refractivity contribution is 5.49. The Balaban J connectivity index is 0.000000531. The van der Waals surface area contributed by atoms with Gasteiger partial charge in [-0.25, -0.2) is 0 Å². The number of hydrogen-bond donors (Lipinski definition) is 0. The van der Waals surface area contributed by atoms with Crippen LogP contribution in [-0.2, 0) is 4.79 Å². The topological polar surface area (TPSA) is 17.1 Å². The van der Waals surface area contributed by atoms with Gasteiger partial charge in [0.1, 0.15) is 6.29 Å². The standard InChI is InChI=1S/C12H20O.C2H6/c1-8-6-10-7-12(8)9(2)11(10)4-3-5-13;1-2/h5,8-12H,3-4,6-7H2,1-2H3;1-2H3. The third-order valence-corrected chi connectivity index (χ3v) is 4.55. The van der Waals surface area contributed by atoms with Crippen molar-refractivity contribution in [2.75, 3.05) is 0 Å². The molecule has 1 nitrogen and oxygen atoms in total. The predicted molar refractivity (Wildman–Crippen MR) is 64.7 cm³/mol. The third-order valence-electron chi connectivity index (χ3n) is 4.55. The van der Waals surface area contributed by atoms with E-state index in [9.17, 15) is 4.79 Å². The van der Waals surface area contributed by atoms with E-state index in [1.165, 1.54) is 12.8 Å². The van der Waals surface area contributed by atoms with Crippen LogP contribution in [-0.4, -0.2) is 6.29 Å². The molecule has 0 aliphatic heterocycles. The maximum atomic E-state index is 10.3. The quantitative estimate of drug-likeness (QED) is 0.645.